The van der Waals surface area contributed by atoms with Gasteiger partial charge in [0.1, 0.15) is 0 Å². The molecule has 0 aromatic rings. The van der Waals surface area contributed by atoms with E-state index in [1.165, 1.54) is 25.9 Å². The van der Waals surface area contributed by atoms with Crippen molar-refractivity contribution in [2.75, 3.05) is 55.4 Å². The zero-order valence-electron chi connectivity index (χ0n) is 13.4. The average molecular weight is 264 g/mol. The lowest BCUT2D eigenvalue weighted by Crippen LogP contribution is -2.37. The lowest BCUT2D eigenvalue weighted by Gasteiger charge is -2.22. The molecule has 0 unspecified atom stereocenters. The lowest BCUT2D eigenvalue weighted by molar-refractivity contribution is -0.870. The van der Waals surface area contributed by atoms with Crippen LogP contribution < -0.4 is 10.2 Å². The molecule has 0 aliphatic rings. The third-order valence-electron chi connectivity index (χ3n) is 1.79. The topological polar surface area (TPSA) is 63.2 Å². The fourth-order valence-electron chi connectivity index (χ4n) is 1.34. The third-order valence-corrected chi connectivity index (χ3v) is 1.79. The van der Waals surface area contributed by atoms with Gasteiger partial charge >= 0.3 is 0 Å². The SMILES string of the molecule is CCC[N+](C)(C)C.CCC[N+](C)(C)C.O=C([O-])[O-]. The number of carbonyl (C=O) groups excluding carboxylic acids is 1. The Kier molecular flexibility index (Phi) is 14.0. The molecule has 0 fully saturated rings. The maximum absolute atomic E-state index is 8.33. The molecule has 0 radical (unpaired) electrons. The van der Waals surface area contributed by atoms with Gasteiger partial charge in [-0.1, -0.05) is 13.8 Å². The summed E-state index contributed by atoms with van der Waals surface area (Å²) in [4.78, 5) is 8.33. The van der Waals surface area contributed by atoms with Crippen LogP contribution in [0.3, 0.4) is 0 Å². The van der Waals surface area contributed by atoms with Gasteiger partial charge in [-0.2, -0.15) is 0 Å². The smallest absolute Gasteiger partial charge is 0.0777 e. The third kappa shape index (κ3) is 59.2. The van der Waals surface area contributed by atoms with Crippen LogP contribution in [0.5, 0.6) is 0 Å². The fourth-order valence-corrected chi connectivity index (χ4v) is 1.34. The highest BCUT2D eigenvalue weighted by molar-refractivity contribution is 5.47. The standard InChI is InChI=1S/2C6H16N.CH2O3/c2*1-5-6-7(2,3)4;2-1(3)4/h2*5-6H2,1-4H3;(H2,2,3,4)/q2*+1;/p-2. The quantitative estimate of drug-likeness (QED) is 0.658. The van der Waals surface area contributed by atoms with E-state index in [-0.39, 0.29) is 0 Å². The van der Waals surface area contributed by atoms with Crippen LogP contribution in [0.25, 0.3) is 0 Å². The first-order valence-corrected chi connectivity index (χ1v) is 6.34. The number of hydrogen-bond donors (Lipinski definition) is 0. The van der Waals surface area contributed by atoms with E-state index in [1.807, 2.05) is 0 Å². The van der Waals surface area contributed by atoms with Gasteiger partial charge in [-0.15, -0.1) is 0 Å². The first-order chi connectivity index (χ1) is 7.85. The van der Waals surface area contributed by atoms with Crippen molar-refractivity contribution in [1.82, 2.24) is 0 Å². The second kappa shape index (κ2) is 11.3. The summed E-state index contributed by atoms with van der Waals surface area (Å²) >= 11 is 0. The molecule has 0 aromatic carbocycles. The highest BCUT2D eigenvalue weighted by atomic mass is 16.6. The van der Waals surface area contributed by atoms with Crippen LogP contribution in [0.2, 0.25) is 0 Å². The molecule has 0 aliphatic heterocycles. The Morgan fingerprint density at radius 1 is 0.778 bits per heavy atom. The van der Waals surface area contributed by atoms with E-state index in [0.29, 0.717) is 0 Å². The molecule has 0 bridgehead atoms. The molecule has 0 aliphatic carbocycles. The van der Waals surface area contributed by atoms with Gasteiger partial charge in [0.25, 0.3) is 0 Å². The maximum Gasteiger partial charge on any atom is 0.0777 e. The van der Waals surface area contributed by atoms with E-state index < -0.39 is 6.16 Å². The normalized spacial score (nSPS) is 10.7. The molecule has 18 heavy (non-hydrogen) atoms. The molecule has 0 atom stereocenters. The molecule has 0 rings (SSSR count). The summed E-state index contributed by atoms with van der Waals surface area (Å²) in [5.74, 6) is 0. The predicted molar refractivity (Wildman–Crippen MR) is 71.8 cm³/mol. The molecule has 0 saturated carbocycles. The number of hydrogen-bond acceptors (Lipinski definition) is 3. The number of carboxylic acid groups (broad SMARTS) is 2. The molecule has 112 valence electrons. The van der Waals surface area contributed by atoms with E-state index >= 15 is 0 Å². The number of quaternary nitrogens is 2. The van der Waals surface area contributed by atoms with Gasteiger partial charge < -0.3 is 24.0 Å². The molecule has 0 amide bonds. The van der Waals surface area contributed by atoms with Gasteiger partial charge in [0, 0.05) is 0 Å². The number of rotatable bonds is 4. The Balaban J connectivity index is -0.000000196. The van der Waals surface area contributed by atoms with Crippen LogP contribution >= 0.6 is 0 Å². The van der Waals surface area contributed by atoms with Gasteiger partial charge in [-0.05, 0) is 19.0 Å². The Morgan fingerprint density at radius 2 is 0.944 bits per heavy atom. The minimum atomic E-state index is -2.33. The van der Waals surface area contributed by atoms with Gasteiger partial charge in [-0.25, -0.2) is 0 Å². The molecule has 0 spiro atoms. The van der Waals surface area contributed by atoms with Crippen LogP contribution in [0.1, 0.15) is 26.7 Å². The van der Waals surface area contributed by atoms with E-state index in [1.54, 1.807) is 0 Å². The summed E-state index contributed by atoms with van der Waals surface area (Å²) in [6.07, 6.45) is 0.229. The predicted octanol–water partition coefficient (Wildman–Crippen LogP) is -0.242. The second-order valence-corrected chi connectivity index (χ2v) is 6.28. The monoisotopic (exact) mass is 264 g/mol. The summed E-state index contributed by atoms with van der Waals surface area (Å²) in [5, 5.41) is 16.7. The highest BCUT2D eigenvalue weighted by Crippen LogP contribution is 1.90. The summed E-state index contributed by atoms with van der Waals surface area (Å²) in [6.45, 7) is 6.98. The van der Waals surface area contributed by atoms with Crippen molar-refractivity contribution in [2.24, 2.45) is 0 Å². The van der Waals surface area contributed by atoms with Crippen molar-refractivity contribution >= 4 is 6.16 Å². The molecule has 0 aromatic heterocycles. The van der Waals surface area contributed by atoms with Gasteiger partial charge in [0.05, 0.1) is 55.4 Å². The Morgan fingerprint density at radius 3 is 0.944 bits per heavy atom. The largest absolute Gasteiger partial charge is 0.652 e. The van der Waals surface area contributed by atoms with Crippen LogP contribution in [0.15, 0.2) is 0 Å². The molecular formula is C13H32N2O3. The molecule has 0 heterocycles. The molecular weight excluding hydrogens is 232 g/mol. The summed E-state index contributed by atoms with van der Waals surface area (Å²) in [6, 6.07) is 0. The first kappa shape index (κ1) is 22.4. The first-order valence-electron chi connectivity index (χ1n) is 6.34. The minimum Gasteiger partial charge on any atom is -0.652 e. The van der Waals surface area contributed by atoms with Crippen LogP contribution in [0, 0.1) is 0 Å². The van der Waals surface area contributed by atoms with Gasteiger partial charge in [0.15, 0.2) is 0 Å². The zero-order chi connectivity index (χ0) is 15.4. The Bertz CT molecular complexity index is 173. The highest BCUT2D eigenvalue weighted by Gasteiger charge is 2.01. The fraction of sp³-hybridized carbons (Fsp3) is 0.923. The molecule has 5 nitrogen and oxygen atoms in total. The zero-order valence-corrected chi connectivity index (χ0v) is 13.4. The van der Waals surface area contributed by atoms with Crippen LogP contribution in [0.4, 0.5) is 4.79 Å². The maximum atomic E-state index is 8.33. The van der Waals surface area contributed by atoms with Gasteiger partial charge in [-0.3, -0.25) is 0 Å². The second-order valence-electron chi connectivity index (χ2n) is 6.28. The van der Waals surface area contributed by atoms with Crippen molar-refractivity contribution in [3.05, 3.63) is 0 Å². The average Bonchev–Trinajstić information content (AvgIpc) is 1.97. The van der Waals surface area contributed by atoms with E-state index in [4.69, 9.17) is 15.0 Å². The number of carbonyl (C=O) groups is 1. The van der Waals surface area contributed by atoms with Crippen LogP contribution in [-0.4, -0.2) is 70.5 Å². The molecule has 0 N–H and O–H groups in total. The summed E-state index contributed by atoms with van der Waals surface area (Å²) < 4.78 is 2.19. The van der Waals surface area contributed by atoms with Crippen molar-refractivity contribution in [2.45, 2.75) is 26.7 Å². The lowest BCUT2D eigenvalue weighted by atomic mass is 10.4. The number of nitrogens with zero attached hydrogens (tertiary/aromatic N) is 2. The van der Waals surface area contributed by atoms with Crippen LogP contribution in [-0.2, 0) is 0 Å². The van der Waals surface area contributed by atoms with E-state index in [9.17, 15) is 0 Å². The van der Waals surface area contributed by atoms with Gasteiger partial charge in [0.2, 0.25) is 0 Å². The summed E-state index contributed by atoms with van der Waals surface area (Å²) in [7, 11) is 13.3. The van der Waals surface area contributed by atoms with Crippen molar-refractivity contribution < 1.29 is 24.0 Å². The molecule has 5 heteroatoms. The minimum absolute atomic E-state index is 1.09. The van der Waals surface area contributed by atoms with E-state index in [0.717, 1.165) is 8.97 Å². The van der Waals surface area contributed by atoms with E-state index in [2.05, 4.69) is 56.1 Å². The summed E-state index contributed by atoms with van der Waals surface area (Å²) in [5.41, 5.74) is 0. The Labute approximate surface area is 113 Å². The van der Waals surface area contributed by atoms with Crippen molar-refractivity contribution in [1.29, 1.82) is 0 Å². The molecule has 0 saturated heterocycles. The Hall–Kier alpha value is -0.810. The van der Waals surface area contributed by atoms with Crippen molar-refractivity contribution in [3.8, 4) is 0 Å². The van der Waals surface area contributed by atoms with Crippen molar-refractivity contribution in [3.63, 3.8) is 0 Å².